The Morgan fingerprint density at radius 1 is 0.844 bits per heavy atom. The van der Waals surface area contributed by atoms with Crippen LogP contribution in [0, 0.1) is 6.92 Å². The summed E-state index contributed by atoms with van der Waals surface area (Å²) in [6.45, 7) is 5.07. The maximum Gasteiger partial charge on any atom is 0.161 e. The van der Waals surface area contributed by atoms with E-state index in [4.69, 9.17) is 9.47 Å². The summed E-state index contributed by atoms with van der Waals surface area (Å²) >= 11 is 0. The average molecular weight is 427 g/mol. The molecule has 0 amide bonds. The van der Waals surface area contributed by atoms with E-state index < -0.39 is 0 Å². The lowest BCUT2D eigenvalue weighted by atomic mass is 9.98. The first-order chi connectivity index (χ1) is 15.7. The molecule has 4 heteroatoms. The van der Waals surface area contributed by atoms with Crippen LogP contribution in [0.25, 0.3) is 10.8 Å². The predicted molar refractivity (Wildman–Crippen MR) is 130 cm³/mol. The van der Waals surface area contributed by atoms with Gasteiger partial charge in [-0.2, -0.15) is 0 Å². The minimum absolute atomic E-state index is 0.817. The summed E-state index contributed by atoms with van der Waals surface area (Å²) in [5.41, 5.74) is 5.18. The third kappa shape index (κ3) is 5.09. The maximum atomic E-state index is 5.41. The molecule has 5 rings (SSSR count). The fraction of sp³-hybridized carbons (Fsp3) is 0.250. The summed E-state index contributed by atoms with van der Waals surface area (Å²) < 4.78 is 10.8. The number of nitrogens with zero attached hydrogens (tertiary/aromatic N) is 2. The van der Waals surface area contributed by atoms with E-state index in [1.54, 1.807) is 14.2 Å². The molecule has 0 saturated carbocycles. The van der Waals surface area contributed by atoms with Crippen molar-refractivity contribution in [3.8, 4) is 11.5 Å². The monoisotopic (exact) mass is 426 g/mol. The first kappa shape index (κ1) is 21.8. The first-order valence-corrected chi connectivity index (χ1v) is 11.0. The van der Waals surface area contributed by atoms with Gasteiger partial charge in [0.2, 0.25) is 0 Å². The van der Waals surface area contributed by atoms with Crippen LogP contribution in [0.2, 0.25) is 0 Å². The second-order valence-electron chi connectivity index (χ2n) is 8.04. The van der Waals surface area contributed by atoms with Crippen molar-refractivity contribution in [3.05, 3.63) is 101 Å². The molecule has 0 bridgehead atoms. The summed E-state index contributed by atoms with van der Waals surface area (Å²) in [4.78, 5) is 6.68. The van der Waals surface area contributed by atoms with Gasteiger partial charge in [0.1, 0.15) is 0 Å². The Balaban J connectivity index is 0.000000186. The minimum Gasteiger partial charge on any atom is -0.493 e. The molecule has 1 aliphatic rings. The molecular formula is C28H30N2O2. The number of hydrogen-bond acceptors (Lipinski definition) is 4. The molecule has 164 valence electrons. The van der Waals surface area contributed by atoms with Gasteiger partial charge in [-0.1, -0.05) is 54.6 Å². The van der Waals surface area contributed by atoms with Crippen LogP contribution in [0.1, 0.15) is 22.4 Å². The number of methoxy groups -OCH3 is 2. The van der Waals surface area contributed by atoms with Crippen LogP contribution < -0.4 is 9.47 Å². The fourth-order valence-electron chi connectivity index (χ4n) is 4.19. The van der Waals surface area contributed by atoms with E-state index >= 15 is 0 Å². The molecule has 1 aromatic heterocycles. The van der Waals surface area contributed by atoms with Crippen LogP contribution in [-0.4, -0.2) is 30.6 Å². The van der Waals surface area contributed by atoms with Crippen LogP contribution >= 0.6 is 0 Å². The van der Waals surface area contributed by atoms with E-state index in [2.05, 4.69) is 64.5 Å². The van der Waals surface area contributed by atoms with Gasteiger partial charge < -0.3 is 9.47 Å². The zero-order valence-electron chi connectivity index (χ0n) is 19.0. The Morgan fingerprint density at radius 2 is 1.53 bits per heavy atom. The lowest BCUT2D eigenvalue weighted by Gasteiger charge is -2.29. The van der Waals surface area contributed by atoms with Gasteiger partial charge in [0.05, 0.1) is 14.2 Å². The van der Waals surface area contributed by atoms with E-state index in [1.807, 2.05) is 31.3 Å². The number of hydrogen-bond donors (Lipinski definition) is 0. The van der Waals surface area contributed by atoms with E-state index in [0.29, 0.717) is 0 Å². The number of pyridine rings is 1. The van der Waals surface area contributed by atoms with E-state index in [0.717, 1.165) is 43.2 Å². The lowest BCUT2D eigenvalue weighted by molar-refractivity contribution is 0.244. The fourth-order valence-corrected chi connectivity index (χ4v) is 4.19. The molecule has 0 unspecified atom stereocenters. The minimum atomic E-state index is 0.817. The first-order valence-electron chi connectivity index (χ1n) is 11.0. The van der Waals surface area contributed by atoms with E-state index in [-0.39, 0.29) is 0 Å². The molecule has 0 aliphatic carbocycles. The molecule has 0 fully saturated rings. The molecule has 0 radical (unpaired) electrons. The van der Waals surface area contributed by atoms with Crippen molar-refractivity contribution in [2.75, 3.05) is 20.8 Å². The third-order valence-corrected chi connectivity index (χ3v) is 5.92. The lowest BCUT2D eigenvalue weighted by Crippen LogP contribution is -2.30. The SMILES string of the molecule is COc1cc2c(cc1OC)CN(Cc1ccccc1)CC2.Cc1nccc2ccccc12. The highest BCUT2D eigenvalue weighted by Gasteiger charge is 2.19. The Kier molecular flexibility index (Phi) is 7.03. The van der Waals surface area contributed by atoms with Crippen molar-refractivity contribution in [1.29, 1.82) is 0 Å². The zero-order chi connectivity index (χ0) is 22.3. The van der Waals surface area contributed by atoms with Gasteiger partial charge in [0, 0.05) is 36.9 Å². The highest BCUT2D eigenvalue weighted by molar-refractivity contribution is 5.83. The molecule has 1 aliphatic heterocycles. The van der Waals surface area contributed by atoms with Crippen molar-refractivity contribution < 1.29 is 9.47 Å². The number of rotatable bonds is 4. The second-order valence-corrected chi connectivity index (χ2v) is 8.04. The largest absolute Gasteiger partial charge is 0.493 e. The number of fused-ring (bicyclic) bond motifs is 2. The van der Waals surface area contributed by atoms with Gasteiger partial charge in [-0.25, -0.2) is 0 Å². The van der Waals surface area contributed by atoms with Crippen LogP contribution in [0.4, 0.5) is 0 Å². The number of aromatic nitrogens is 1. The van der Waals surface area contributed by atoms with Gasteiger partial charge in [-0.15, -0.1) is 0 Å². The summed E-state index contributed by atoms with van der Waals surface area (Å²) in [5.74, 6) is 1.64. The molecular weight excluding hydrogens is 396 g/mol. The summed E-state index contributed by atoms with van der Waals surface area (Å²) in [7, 11) is 3.38. The molecule has 0 spiro atoms. The van der Waals surface area contributed by atoms with E-state index in [9.17, 15) is 0 Å². The van der Waals surface area contributed by atoms with Gasteiger partial charge in [-0.05, 0) is 53.6 Å². The zero-order valence-corrected chi connectivity index (χ0v) is 19.0. The standard InChI is InChI=1S/C18H21NO2.C10H9N/c1-20-17-10-15-8-9-19(12-14-6-4-3-5-7-14)13-16(15)11-18(17)21-2;1-8-10-5-3-2-4-9(10)6-7-11-8/h3-7,10-11H,8-9,12-13H2,1-2H3;2-7H,1H3. The smallest absolute Gasteiger partial charge is 0.161 e. The summed E-state index contributed by atoms with van der Waals surface area (Å²) in [6, 6.07) is 25.2. The average Bonchev–Trinajstić information content (AvgIpc) is 2.84. The highest BCUT2D eigenvalue weighted by Crippen LogP contribution is 2.33. The quantitative estimate of drug-likeness (QED) is 0.413. The van der Waals surface area contributed by atoms with Gasteiger partial charge in [0.15, 0.2) is 11.5 Å². The predicted octanol–water partition coefficient (Wildman–Crippen LogP) is 5.81. The van der Waals surface area contributed by atoms with Gasteiger partial charge in [0.25, 0.3) is 0 Å². The normalized spacial score (nSPS) is 13.1. The van der Waals surface area contributed by atoms with Gasteiger partial charge >= 0.3 is 0 Å². The van der Waals surface area contributed by atoms with Gasteiger partial charge in [-0.3, -0.25) is 9.88 Å². The van der Waals surface area contributed by atoms with Crippen molar-refractivity contribution >= 4 is 10.8 Å². The molecule has 0 N–H and O–H groups in total. The summed E-state index contributed by atoms with van der Waals surface area (Å²) in [5, 5.41) is 2.51. The number of benzene rings is 3. The third-order valence-electron chi connectivity index (χ3n) is 5.92. The van der Waals surface area contributed by atoms with Crippen LogP contribution in [0.5, 0.6) is 11.5 Å². The topological polar surface area (TPSA) is 34.6 Å². The van der Waals surface area contributed by atoms with Crippen LogP contribution in [0.3, 0.4) is 0 Å². The van der Waals surface area contributed by atoms with Crippen LogP contribution in [-0.2, 0) is 19.5 Å². The number of aryl methyl sites for hydroxylation is 1. The van der Waals surface area contributed by atoms with Crippen molar-refractivity contribution in [2.24, 2.45) is 0 Å². The number of ether oxygens (including phenoxy) is 2. The summed E-state index contributed by atoms with van der Waals surface area (Å²) in [6.07, 6.45) is 2.90. The van der Waals surface area contributed by atoms with Crippen molar-refractivity contribution in [2.45, 2.75) is 26.4 Å². The molecule has 4 nitrogen and oxygen atoms in total. The molecule has 2 heterocycles. The van der Waals surface area contributed by atoms with E-state index in [1.165, 1.54) is 27.5 Å². The van der Waals surface area contributed by atoms with Crippen molar-refractivity contribution in [1.82, 2.24) is 9.88 Å². The Bertz CT molecular complexity index is 1170. The molecule has 32 heavy (non-hydrogen) atoms. The second kappa shape index (κ2) is 10.3. The van der Waals surface area contributed by atoms with Crippen molar-refractivity contribution in [3.63, 3.8) is 0 Å². The Hall–Kier alpha value is -3.37. The highest BCUT2D eigenvalue weighted by atomic mass is 16.5. The molecule has 4 aromatic rings. The Morgan fingerprint density at radius 3 is 2.25 bits per heavy atom. The maximum absolute atomic E-state index is 5.41. The molecule has 0 atom stereocenters. The molecule has 0 saturated heterocycles. The Labute approximate surface area is 190 Å². The molecule has 3 aromatic carbocycles. The van der Waals surface area contributed by atoms with Crippen LogP contribution in [0.15, 0.2) is 79.0 Å².